The zero-order valence-electron chi connectivity index (χ0n) is 17.8. The molecule has 1 aliphatic heterocycles. The molecular formula is C25H22N2O5. The van der Waals surface area contributed by atoms with E-state index in [-0.39, 0.29) is 13.4 Å². The van der Waals surface area contributed by atoms with Crippen LogP contribution in [0.2, 0.25) is 0 Å². The number of carbonyl (C=O) groups excluding carboxylic acids is 1. The second-order valence-corrected chi connectivity index (χ2v) is 7.38. The molecule has 1 aliphatic rings. The van der Waals surface area contributed by atoms with Crippen molar-refractivity contribution in [1.29, 1.82) is 0 Å². The first-order valence-corrected chi connectivity index (χ1v) is 10.4. The van der Waals surface area contributed by atoms with Gasteiger partial charge in [0.1, 0.15) is 17.1 Å². The first-order chi connectivity index (χ1) is 15.7. The van der Waals surface area contributed by atoms with Gasteiger partial charge < -0.3 is 23.9 Å². The lowest BCUT2D eigenvalue weighted by atomic mass is 9.96. The maximum atomic E-state index is 12.8. The number of rotatable bonds is 6. The number of carbonyl (C=O) groups is 1. The Morgan fingerprint density at radius 2 is 1.91 bits per heavy atom. The molecule has 0 fully saturated rings. The largest absolute Gasteiger partial charge is 0.497 e. The van der Waals surface area contributed by atoms with Crippen molar-refractivity contribution in [2.45, 2.75) is 13.3 Å². The lowest BCUT2D eigenvalue weighted by Gasteiger charge is -2.09. The van der Waals surface area contributed by atoms with Crippen LogP contribution >= 0.6 is 0 Å². The fourth-order valence-electron chi connectivity index (χ4n) is 4.00. The van der Waals surface area contributed by atoms with Gasteiger partial charge in [0, 0.05) is 17.1 Å². The minimum atomic E-state index is -0.412. The number of benzene rings is 2. The summed E-state index contributed by atoms with van der Waals surface area (Å²) < 4.78 is 21.6. The molecular weight excluding hydrogens is 408 g/mol. The number of hydrogen-bond donors (Lipinski definition) is 1. The molecule has 0 bridgehead atoms. The van der Waals surface area contributed by atoms with E-state index in [2.05, 4.69) is 9.97 Å². The van der Waals surface area contributed by atoms with Crippen molar-refractivity contribution in [2.24, 2.45) is 0 Å². The number of fused-ring (bicyclic) bond motifs is 2. The van der Waals surface area contributed by atoms with Crippen molar-refractivity contribution in [3.8, 4) is 28.4 Å². The van der Waals surface area contributed by atoms with Gasteiger partial charge in [0.15, 0.2) is 11.5 Å². The van der Waals surface area contributed by atoms with Gasteiger partial charge in [-0.15, -0.1) is 0 Å². The number of aromatic amines is 1. The van der Waals surface area contributed by atoms with Crippen molar-refractivity contribution >= 4 is 17.0 Å². The number of esters is 1. The molecule has 4 aromatic rings. The molecule has 0 saturated carbocycles. The molecule has 7 heteroatoms. The fraction of sp³-hybridized carbons (Fsp3) is 0.200. The monoisotopic (exact) mass is 430 g/mol. The summed E-state index contributed by atoms with van der Waals surface area (Å²) >= 11 is 0. The normalized spacial score (nSPS) is 12.2. The van der Waals surface area contributed by atoms with Gasteiger partial charge in [0.25, 0.3) is 0 Å². The fourth-order valence-corrected chi connectivity index (χ4v) is 4.00. The number of H-pyrrole nitrogens is 1. The van der Waals surface area contributed by atoms with Gasteiger partial charge in [-0.3, -0.25) is 0 Å². The standard InChI is InChI=1S/C25H22N2O5/c1-3-30-25(28)23-21(16-5-7-18(29-2)8-6-16)22-17(10-11-26-24(22)27-23)12-15-4-9-19-20(13-15)32-14-31-19/h4-11,13H,3,12,14H2,1-2H3,(H,26,27). The molecule has 1 N–H and O–H groups in total. The van der Waals surface area contributed by atoms with E-state index in [9.17, 15) is 4.79 Å². The minimum absolute atomic E-state index is 0.237. The Bertz CT molecular complexity index is 1290. The molecule has 0 aliphatic carbocycles. The lowest BCUT2D eigenvalue weighted by Crippen LogP contribution is -2.06. The van der Waals surface area contributed by atoms with Crippen molar-refractivity contribution in [3.05, 3.63) is 71.5 Å². The molecule has 0 radical (unpaired) electrons. The second-order valence-electron chi connectivity index (χ2n) is 7.38. The lowest BCUT2D eigenvalue weighted by molar-refractivity contribution is 0.0521. The summed E-state index contributed by atoms with van der Waals surface area (Å²) in [6.07, 6.45) is 2.38. The van der Waals surface area contributed by atoms with E-state index >= 15 is 0 Å². The van der Waals surface area contributed by atoms with Crippen LogP contribution in [0.4, 0.5) is 0 Å². The maximum Gasteiger partial charge on any atom is 0.355 e. The van der Waals surface area contributed by atoms with E-state index in [1.165, 1.54) is 0 Å². The van der Waals surface area contributed by atoms with Crippen LogP contribution in [0.25, 0.3) is 22.2 Å². The van der Waals surface area contributed by atoms with Crippen molar-refractivity contribution < 1.29 is 23.7 Å². The molecule has 2 aromatic carbocycles. The van der Waals surface area contributed by atoms with Gasteiger partial charge >= 0.3 is 5.97 Å². The van der Waals surface area contributed by atoms with Gasteiger partial charge in [-0.1, -0.05) is 18.2 Å². The Hall–Kier alpha value is -4.00. The summed E-state index contributed by atoms with van der Waals surface area (Å²) in [5.74, 6) is 1.82. The number of pyridine rings is 1. The summed E-state index contributed by atoms with van der Waals surface area (Å²) in [7, 11) is 1.62. The van der Waals surface area contributed by atoms with Crippen LogP contribution in [-0.4, -0.2) is 36.4 Å². The van der Waals surface area contributed by atoms with Crippen LogP contribution < -0.4 is 14.2 Å². The Balaban J connectivity index is 1.66. The van der Waals surface area contributed by atoms with Crippen LogP contribution in [-0.2, 0) is 11.2 Å². The number of aromatic nitrogens is 2. The zero-order valence-corrected chi connectivity index (χ0v) is 17.8. The Morgan fingerprint density at radius 3 is 2.69 bits per heavy atom. The predicted octanol–water partition coefficient (Wildman–Crippen LogP) is 4.73. The first kappa shape index (κ1) is 19.9. The quantitative estimate of drug-likeness (QED) is 0.445. The topological polar surface area (TPSA) is 82.7 Å². The third-order valence-corrected chi connectivity index (χ3v) is 5.47. The van der Waals surface area contributed by atoms with Crippen LogP contribution in [0, 0.1) is 0 Å². The Labute approximate surface area is 184 Å². The third-order valence-electron chi connectivity index (χ3n) is 5.47. The third kappa shape index (κ3) is 3.51. The van der Waals surface area contributed by atoms with E-state index in [4.69, 9.17) is 18.9 Å². The molecule has 0 saturated heterocycles. The SMILES string of the molecule is CCOC(=O)c1[nH]c2nccc(Cc3ccc4c(c3)OCO4)c2c1-c1ccc(OC)cc1. The summed E-state index contributed by atoms with van der Waals surface area (Å²) in [5, 5.41) is 0.887. The average molecular weight is 430 g/mol. The summed E-state index contributed by atoms with van der Waals surface area (Å²) in [5.41, 5.74) is 4.77. The highest BCUT2D eigenvalue weighted by molar-refractivity contribution is 6.08. The highest BCUT2D eigenvalue weighted by atomic mass is 16.7. The summed E-state index contributed by atoms with van der Waals surface area (Å²) in [6.45, 7) is 2.31. The van der Waals surface area contributed by atoms with E-state index in [0.29, 0.717) is 17.8 Å². The number of nitrogens with zero attached hydrogens (tertiary/aromatic N) is 1. The molecule has 32 heavy (non-hydrogen) atoms. The minimum Gasteiger partial charge on any atom is -0.497 e. The molecule has 2 aromatic heterocycles. The average Bonchev–Trinajstić information content (AvgIpc) is 3.44. The molecule has 0 unspecified atom stereocenters. The van der Waals surface area contributed by atoms with E-state index in [0.717, 1.165) is 44.9 Å². The van der Waals surface area contributed by atoms with Crippen LogP contribution in [0.5, 0.6) is 17.2 Å². The Kier molecular flexibility index (Phi) is 5.15. The highest BCUT2D eigenvalue weighted by Crippen LogP contribution is 2.37. The number of methoxy groups -OCH3 is 1. The molecule has 0 atom stereocenters. The number of nitrogens with one attached hydrogen (secondary N) is 1. The molecule has 7 nitrogen and oxygen atoms in total. The molecule has 0 amide bonds. The van der Waals surface area contributed by atoms with Gasteiger partial charge in [0.05, 0.1) is 13.7 Å². The summed E-state index contributed by atoms with van der Waals surface area (Å²) in [6, 6.07) is 15.5. The van der Waals surface area contributed by atoms with E-state index < -0.39 is 5.97 Å². The van der Waals surface area contributed by atoms with Crippen molar-refractivity contribution in [1.82, 2.24) is 9.97 Å². The molecule has 162 valence electrons. The number of hydrogen-bond acceptors (Lipinski definition) is 6. The molecule has 5 rings (SSSR count). The number of ether oxygens (including phenoxy) is 4. The van der Waals surface area contributed by atoms with Gasteiger partial charge in [0.2, 0.25) is 6.79 Å². The van der Waals surface area contributed by atoms with Crippen molar-refractivity contribution in [3.63, 3.8) is 0 Å². The van der Waals surface area contributed by atoms with Crippen LogP contribution in [0.3, 0.4) is 0 Å². The highest BCUT2D eigenvalue weighted by Gasteiger charge is 2.23. The first-order valence-electron chi connectivity index (χ1n) is 10.4. The smallest absolute Gasteiger partial charge is 0.355 e. The van der Waals surface area contributed by atoms with E-state index in [1.54, 1.807) is 20.2 Å². The summed E-state index contributed by atoms with van der Waals surface area (Å²) in [4.78, 5) is 20.5. The van der Waals surface area contributed by atoms with Gasteiger partial charge in [-0.2, -0.15) is 0 Å². The Morgan fingerprint density at radius 1 is 1.09 bits per heavy atom. The van der Waals surface area contributed by atoms with E-state index in [1.807, 2.05) is 48.5 Å². The second kappa shape index (κ2) is 8.26. The van der Waals surface area contributed by atoms with Crippen LogP contribution in [0.1, 0.15) is 28.5 Å². The van der Waals surface area contributed by atoms with Crippen molar-refractivity contribution in [2.75, 3.05) is 20.5 Å². The molecule has 3 heterocycles. The van der Waals surface area contributed by atoms with Gasteiger partial charge in [-0.05, 0) is 60.4 Å². The predicted molar refractivity (Wildman–Crippen MR) is 119 cm³/mol. The molecule has 0 spiro atoms. The van der Waals surface area contributed by atoms with Gasteiger partial charge in [-0.25, -0.2) is 9.78 Å². The zero-order chi connectivity index (χ0) is 22.1. The van der Waals surface area contributed by atoms with Crippen LogP contribution in [0.15, 0.2) is 54.7 Å². The maximum absolute atomic E-state index is 12.8.